The van der Waals surface area contributed by atoms with Crippen LogP contribution >= 0.6 is 11.3 Å². The number of thiazole rings is 1. The summed E-state index contributed by atoms with van der Waals surface area (Å²) >= 11 is 0.700. The second kappa shape index (κ2) is 7.61. The number of likely N-dealkylation sites (tertiary alicyclic amines) is 1. The molecule has 130 valence electrons. The maximum Gasteiger partial charge on any atom is 0.427 e. The number of alkyl halides is 3. The summed E-state index contributed by atoms with van der Waals surface area (Å²) in [4.78, 5) is 19.4. The van der Waals surface area contributed by atoms with Crippen molar-refractivity contribution < 1.29 is 18.0 Å². The molecule has 1 aliphatic rings. The van der Waals surface area contributed by atoms with Gasteiger partial charge in [0, 0.05) is 19.0 Å². The number of aromatic nitrogens is 1. The highest BCUT2D eigenvalue weighted by Crippen LogP contribution is 2.34. The van der Waals surface area contributed by atoms with Crippen molar-refractivity contribution in [3.63, 3.8) is 0 Å². The molecule has 2 rings (SSSR count). The van der Waals surface area contributed by atoms with Gasteiger partial charge in [0.25, 0.3) is 0 Å². The lowest BCUT2D eigenvalue weighted by Crippen LogP contribution is -2.42. The van der Waals surface area contributed by atoms with Crippen molar-refractivity contribution in [2.45, 2.75) is 39.4 Å². The third kappa shape index (κ3) is 4.67. The molecule has 0 aliphatic carbocycles. The van der Waals surface area contributed by atoms with E-state index in [4.69, 9.17) is 0 Å². The van der Waals surface area contributed by atoms with Crippen LogP contribution in [0.5, 0.6) is 0 Å². The molecule has 0 radical (unpaired) electrons. The summed E-state index contributed by atoms with van der Waals surface area (Å²) in [6, 6.07) is 0. The molecule has 0 aromatic carbocycles. The van der Waals surface area contributed by atoms with Crippen LogP contribution in [0.2, 0.25) is 0 Å². The Morgan fingerprint density at radius 3 is 2.43 bits per heavy atom. The number of hydrogen-bond acceptors (Lipinski definition) is 4. The molecule has 1 saturated heterocycles. The first-order chi connectivity index (χ1) is 10.8. The Morgan fingerprint density at radius 1 is 1.35 bits per heavy atom. The van der Waals surface area contributed by atoms with Gasteiger partial charge in [0.15, 0.2) is 0 Å². The zero-order valence-electron chi connectivity index (χ0n) is 13.4. The largest absolute Gasteiger partial charge is 0.427 e. The van der Waals surface area contributed by atoms with Crippen LogP contribution in [0.4, 0.5) is 13.2 Å². The maximum absolute atomic E-state index is 12.6. The van der Waals surface area contributed by atoms with Crippen molar-refractivity contribution in [2.75, 3.05) is 26.2 Å². The Balaban J connectivity index is 1.85. The van der Waals surface area contributed by atoms with E-state index in [-0.39, 0.29) is 11.8 Å². The topological polar surface area (TPSA) is 36.4 Å². The monoisotopic (exact) mass is 349 g/mol. The summed E-state index contributed by atoms with van der Waals surface area (Å²) in [5, 5.41) is 0.478. The van der Waals surface area contributed by atoms with E-state index in [9.17, 15) is 18.0 Å². The highest BCUT2D eigenvalue weighted by molar-refractivity contribution is 7.11. The summed E-state index contributed by atoms with van der Waals surface area (Å²) in [5.74, 6) is 0.233. The zero-order chi connectivity index (χ0) is 17.0. The van der Waals surface area contributed by atoms with Gasteiger partial charge in [-0.15, -0.1) is 11.3 Å². The molecule has 0 atom stereocenters. The molecule has 1 aliphatic heterocycles. The van der Waals surface area contributed by atoms with Gasteiger partial charge in [-0.1, -0.05) is 0 Å². The minimum absolute atomic E-state index is 0.0354. The highest BCUT2D eigenvalue weighted by Gasteiger charge is 2.34. The Labute approximate surface area is 138 Å². The number of hydrogen-bond donors (Lipinski definition) is 0. The molecule has 1 fully saturated rings. The van der Waals surface area contributed by atoms with Crippen LogP contribution in [0.15, 0.2) is 6.20 Å². The summed E-state index contributed by atoms with van der Waals surface area (Å²) in [5.41, 5.74) is 0. The van der Waals surface area contributed by atoms with Gasteiger partial charge < -0.3 is 4.90 Å². The average Bonchev–Trinajstić information content (AvgIpc) is 2.98. The van der Waals surface area contributed by atoms with Gasteiger partial charge in [-0.05, 0) is 39.8 Å². The third-order valence-electron chi connectivity index (χ3n) is 4.20. The number of amides is 1. The van der Waals surface area contributed by atoms with E-state index in [1.165, 1.54) is 0 Å². The Kier molecular flexibility index (Phi) is 6.02. The van der Waals surface area contributed by atoms with Gasteiger partial charge in [0.05, 0.1) is 12.7 Å². The minimum atomic E-state index is -4.32. The first kappa shape index (κ1) is 18.2. The van der Waals surface area contributed by atoms with Crippen LogP contribution in [-0.2, 0) is 17.5 Å². The molecule has 0 spiro atoms. The molecule has 1 aromatic rings. The maximum atomic E-state index is 12.6. The van der Waals surface area contributed by atoms with Crippen molar-refractivity contribution >= 4 is 17.2 Å². The molecule has 0 unspecified atom stereocenters. The molecule has 4 nitrogen and oxygen atoms in total. The molecule has 0 saturated carbocycles. The summed E-state index contributed by atoms with van der Waals surface area (Å²) < 4.78 is 37.7. The van der Waals surface area contributed by atoms with E-state index in [1.807, 2.05) is 18.7 Å². The molecule has 1 aromatic heterocycles. The minimum Gasteiger partial charge on any atom is -0.343 e. The van der Waals surface area contributed by atoms with Crippen molar-refractivity contribution in [1.29, 1.82) is 0 Å². The lowest BCUT2D eigenvalue weighted by molar-refractivity contribution is -0.137. The number of rotatable bonds is 5. The summed E-state index contributed by atoms with van der Waals surface area (Å²) in [6.07, 6.45) is -1.91. The van der Waals surface area contributed by atoms with E-state index in [0.29, 0.717) is 22.9 Å². The van der Waals surface area contributed by atoms with Gasteiger partial charge in [-0.2, -0.15) is 13.2 Å². The standard InChI is InChI=1S/C15H22F3N3OS/c1-3-21(4-2)14(22)11-5-7-20(8-6-11)10-13-19-9-12(23-13)15(16,17)18/h9,11H,3-8,10H2,1-2H3. The van der Waals surface area contributed by atoms with Gasteiger partial charge >= 0.3 is 6.18 Å². The van der Waals surface area contributed by atoms with Crippen LogP contribution in [-0.4, -0.2) is 46.9 Å². The van der Waals surface area contributed by atoms with Gasteiger partial charge in [0.1, 0.15) is 9.88 Å². The molecular formula is C15H22F3N3OS. The Hall–Kier alpha value is -1.15. The van der Waals surface area contributed by atoms with Crippen LogP contribution in [0, 0.1) is 5.92 Å². The number of halogens is 3. The third-order valence-corrected chi connectivity index (χ3v) is 5.23. The van der Waals surface area contributed by atoms with E-state index >= 15 is 0 Å². The number of carbonyl (C=O) groups is 1. The molecule has 8 heteroatoms. The SMILES string of the molecule is CCN(CC)C(=O)C1CCN(Cc2ncc(C(F)(F)F)s2)CC1. The van der Waals surface area contributed by atoms with Gasteiger partial charge in [-0.25, -0.2) is 4.98 Å². The molecule has 0 bridgehead atoms. The van der Waals surface area contributed by atoms with Crippen LogP contribution < -0.4 is 0 Å². The van der Waals surface area contributed by atoms with E-state index in [2.05, 4.69) is 9.88 Å². The molecule has 0 N–H and O–H groups in total. The van der Waals surface area contributed by atoms with Crippen LogP contribution in [0.1, 0.15) is 36.6 Å². The predicted molar refractivity (Wildman–Crippen MR) is 83.0 cm³/mol. The smallest absolute Gasteiger partial charge is 0.343 e. The predicted octanol–water partition coefficient (Wildman–Crippen LogP) is 3.24. The fourth-order valence-electron chi connectivity index (χ4n) is 2.84. The molecule has 23 heavy (non-hydrogen) atoms. The van der Waals surface area contributed by atoms with E-state index in [1.54, 1.807) is 0 Å². The van der Waals surface area contributed by atoms with Crippen molar-refractivity contribution in [3.8, 4) is 0 Å². The lowest BCUT2D eigenvalue weighted by Gasteiger charge is -2.33. The van der Waals surface area contributed by atoms with E-state index < -0.39 is 11.1 Å². The Bertz CT molecular complexity index is 520. The van der Waals surface area contributed by atoms with Crippen molar-refractivity contribution in [3.05, 3.63) is 16.1 Å². The fourth-order valence-corrected chi connectivity index (χ4v) is 3.66. The fraction of sp³-hybridized carbons (Fsp3) is 0.733. The van der Waals surface area contributed by atoms with Crippen molar-refractivity contribution in [2.24, 2.45) is 5.92 Å². The average molecular weight is 349 g/mol. The van der Waals surface area contributed by atoms with Crippen LogP contribution in [0.3, 0.4) is 0 Å². The highest BCUT2D eigenvalue weighted by atomic mass is 32.1. The second-order valence-corrected chi connectivity index (χ2v) is 6.79. The Morgan fingerprint density at radius 2 is 1.96 bits per heavy atom. The van der Waals surface area contributed by atoms with Crippen molar-refractivity contribution in [1.82, 2.24) is 14.8 Å². The molecular weight excluding hydrogens is 327 g/mol. The van der Waals surface area contributed by atoms with Gasteiger partial charge in [0.2, 0.25) is 5.91 Å². The first-order valence-corrected chi connectivity index (χ1v) is 8.69. The zero-order valence-corrected chi connectivity index (χ0v) is 14.2. The lowest BCUT2D eigenvalue weighted by atomic mass is 9.95. The number of piperidine rings is 1. The molecule has 2 heterocycles. The number of nitrogens with zero attached hydrogens (tertiary/aromatic N) is 3. The van der Waals surface area contributed by atoms with E-state index in [0.717, 1.165) is 45.2 Å². The van der Waals surface area contributed by atoms with Gasteiger partial charge in [-0.3, -0.25) is 9.69 Å². The van der Waals surface area contributed by atoms with Crippen LogP contribution in [0.25, 0.3) is 0 Å². The first-order valence-electron chi connectivity index (χ1n) is 7.88. The summed E-state index contributed by atoms with van der Waals surface area (Å²) in [6.45, 7) is 7.24. The quantitative estimate of drug-likeness (QED) is 0.819. The second-order valence-electron chi connectivity index (χ2n) is 5.68. The molecule has 1 amide bonds. The normalized spacial score (nSPS) is 17.4. The summed E-state index contributed by atoms with van der Waals surface area (Å²) in [7, 11) is 0. The number of carbonyl (C=O) groups excluding carboxylic acids is 1.